The third-order valence-corrected chi connectivity index (χ3v) is 3.31. The average Bonchev–Trinajstić information content (AvgIpc) is 2.45. The van der Waals surface area contributed by atoms with Crippen molar-refractivity contribution in [2.45, 2.75) is 45.6 Å². The number of pyridine rings is 1. The van der Waals surface area contributed by atoms with E-state index in [1.54, 1.807) is 20.2 Å². The van der Waals surface area contributed by atoms with Gasteiger partial charge in [0.15, 0.2) is 0 Å². The van der Waals surface area contributed by atoms with Crippen molar-refractivity contribution >= 4 is 11.7 Å². The summed E-state index contributed by atoms with van der Waals surface area (Å²) in [4.78, 5) is 16.9. The molecule has 0 aliphatic heterocycles. The molecule has 2 N–H and O–H groups in total. The van der Waals surface area contributed by atoms with Gasteiger partial charge >= 0.3 is 0 Å². The molecule has 1 amide bonds. The summed E-state index contributed by atoms with van der Waals surface area (Å²) in [5.74, 6) is 0.607. The first-order valence-electron chi connectivity index (χ1n) is 7.32. The number of hydrogen-bond acceptors (Lipinski definition) is 4. The highest BCUT2D eigenvalue weighted by molar-refractivity contribution is 5.95. The quantitative estimate of drug-likeness (QED) is 0.846. The van der Waals surface area contributed by atoms with E-state index in [1.165, 1.54) is 0 Å². The van der Waals surface area contributed by atoms with Gasteiger partial charge in [-0.1, -0.05) is 27.7 Å². The SMILES string of the molecule is CCC(COC)NC(=O)c1cc(NC)nc(C(C)(C)C)c1. The zero-order chi connectivity index (χ0) is 16.0. The molecule has 5 heteroatoms. The van der Waals surface area contributed by atoms with Gasteiger partial charge in [-0.2, -0.15) is 0 Å². The number of amides is 1. The van der Waals surface area contributed by atoms with Crippen LogP contribution in [-0.2, 0) is 10.2 Å². The first kappa shape index (κ1) is 17.4. The van der Waals surface area contributed by atoms with Crippen molar-refractivity contribution in [2.24, 2.45) is 0 Å². The molecule has 118 valence electrons. The van der Waals surface area contributed by atoms with E-state index < -0.39 is 0 Å². The van der Waals surface area contributed by atoms with Crippen LogP contribution in [0.2, 0.25) is 0 Å². The summed E-state index contributed by atoms with van der Waals surface area (Å²) in [6, 6.07) is 3.64. The molecular weight excluding hydrogens is 266 g/mol. The molecule has 1 rings (SSSR count). The second kappa shape index (κ2) is 7.41. The van der Waals surface area contributed by atoms with Crippen LogP contribution in [0.15, 0.2) is 12.1 Å². The number of nitrogens with zero attached hydrogens (tertiary/aromatic N) is 1. The Morgan fingerprint density at radius 3 is 2.52 bits per heavy atom. The molecule has 0 aliphatic carbocycles. The lowest BCUT2D eigenvalue weighted by molar-refractivity contribution is 0.0894. The standard InChI is InChI=1S/C16H27N3O2/c1-7-12(10-21-6)18-15(20)11-8-13(16(2,3)4)19-14(9-11)17-5/h8-9,12H,7,10H2,1-6H3,(H,17,19)(H,18,20). The summed E-state index contributed by atoms with van der Waals surface area (Å²) < 4.78 is 5.12. The Kier molecular flexibility index (Phi) is 6.15. The van der Waals surface area contributed by atoms with E-state index in [4.69, 9.17) is 4.74 Å². The molecule has 1 aromatic rings. The van der Waals surface area contributed by atoms with Gasteiger partial charge in [0, 0.05) is 30.8 Å². The summed E-state index contributed by atoms with van der Waals surface area (Å²) in [6.45, 7) is 8.77. The fourth-order valence-corrected chi connectivity index (χ4v) is 1.91. The van der Waals surface area contributed by atoms with Gasteiger partial charge < -0.3 is 15.4 Å². The van der Waals surface area contributed by atoms with Crippen molar-refractivity contribution in [1.29, 1.82) is 0 Å². The van der Waals surface area contributed by atoms with Crippen molar-refractivity contribution in [2.75, 3.05) is 26.1 Å². The molecule has 0 aromatic carbocycles. The van der Waals surface area contributed by atoms with Gasteiger partial charge in [0.1, 0.15) is 5.82 Å². The summed E-state index contributed by atoms with van der Waals surface area (Å²) in [5, 5.41) is 6.01. The van der Waals surface area contributed by atoms with Crippen LogP contribution in [0.5, 0.6) is 0 Å². The highest BCUT2D eigenvalue weighted by atomic mass is 16.5. The van der Waals surface area contributed by atoms with Crippen LogP contribution in [0.4, 0.5) is 5.82 Å². The van der Waals surface area contributed by atoms with Crippen LogP contribution in [-0.4, -0.2) is 37.7 Å². The van der Waals surface area contributed by atoms with Crippen LogP contribution in [0.25, 0.3) is 0 Å². The summed E-state index contributed by atoms with van der Waals surface area (Å²) in [5.41, 5.74) is 1.39. The van der Waals surface area contributed by atoms with E-state index in [2.05, 4.69) is 36.4 Å². The highest BCUT2D eigenvalue weighted by Gasteiger charge is 2.20. The molecule has 1 aromatic heterocycles. The molecule has 0 saturated heterocycles. The molecule has 0 fully saturated rings. The van der Waals surface area contributed by atoms with Gasteiger partial charge in [-0.05, 0) is 18.6 Å². The maximum absolute atomic E-state index is 12.4. The second-order valence-corrected chi connectivity index (χ2v) is 6.16. The predicted molar refractivity (Wildman–Crippen MR) is 85.9 cm³/mol. The minimum atomic E-state index is -0.113. The van der Waals surface area contributed by atoms with Gasteiger partial charge in [0.25, 0.3) is 5.91 Å². The Morgan fingerprint density at radius 2 is 2.05 bits per heavy atom. The van der Waals surface area contributed by atoms with Gasteiger partial charge in [-0.3, -0.25) is 4.79 Å². The number of ether oxygens (including phenoxy) is 1. The summed E-state index contributed by atoms with van der Waals surface area (Å²) in [7, 11) is 3.44. The molecule has 0 saturated carbocycles. The fraction of sp³-hybridized carbons (Fsp3) is 0.625. The molecule has 1 unspecified atom stereocenters. The van der Waals surface area contributed by atoms with Crippen LogP contribution in [0.1, 0.15) is 50.2 Å². The third kappa shape index (κ3) is 5.01. The molecule has 0 spiro atoms. The van der Waals surface area contributed by atoms with E-state index in [9.17, 15) is 4.79 Å². The molecule has 0 radical (unpaired) electrons. The molecule has 21 heavy (non-hydrogen) atoms. The first-order valence-corrected chi connectivity index (χ1v) is 7.32. The van der Waals surface area contributed by atoms with Crippen molar-refractivity contribution in [1.82, 2.24) is 10.3 Å². The van der Waals surface area contributed by atoms with E-state index >= 15 is 0 Å². The van der Waals surface area contributed by atoms with E-state index in [0.29, 0.717) is 18.0 Å². The number of rotatable bonds is 6. The number of hydrogen-bond donors (Lipinski definition) is 2. The number of nitrogens with one attached hydrogen (secondary N) is 2. The predicted octanol–water partition coefficient (Wildman–Crippen LogP) is 2.58. The molecule has 5 nitrogen and oxygen atoms in total. The van der Waals surface area contributed by atoms with Gasteiger partial charge in [-0.25, -0.2) is 4.98 Å². The Bertz CT molecular complexity index is 481. The lowest BCUT2D eigenvalue weighted by atomic mass is 9.90. The smallest absolute Gasteiger partial charge is 0.251 e. The maximum atomic E-state index is 12.4. The number of methoxy groups -OCH3 is 1. The fourth-order valence-electron chi connectivity index (χ4n) is 1.91. The molecule has 1 heterocycles. The Morgan fingerprint density at radius 1 is 1.38 bits per heavy atom. The summed E-state index contributed by atoms with van der Waals surface area (Å²) >= 11 is 0. The van der Waals surface area contributed by atoms with Gasteiger partial charge in [-0.15, -0.1) is 0 Å². The average molecular weight is 293 g/mol. The second-order valence-electron chi connectivity index (χ2n) is 6.16. The van der Waals surface area contributed by atoms with Crippen molar-refractivity contribution in [3.05, 3.63) is 23.4 Å². The number of carbonyl (C=O) groups excluding carboxylic acids is 1. The van der Waals surface area contributed by atoms with Crippen molar-refractivity contribution < 1.29 is 9.53 Å². The minimum absolute atomic E-state index is 0.0202. The van der Waals surface area contributed by atoms with Gasteiger partial charge in [0.2, 0.25) is 0 Å². The highest BCUT2D eigenvalue weighted by Crippen LogP contribution is 2.23. The van der Waals surface area contributed by atoms with Crippen LogP contribution >= 0.6 is 0 Å². The Hall–Kier alpha value is -1.62. The van der Waals surface area contributed by atoms with Crippen LogP contribution in [0.3, 0.4) is 0 Å². The Balaban J connectivity index is 3.03. The molecular formula is C16H27N3O2. The van der Waals surface area contributed by atoms with Crippen molar-refractivity contribution in [3.8, 4) is 0 Å². The van der Waals surface area contributed by atoms with Crippen LogP contribution in [0, 0.1) is 0 Å². The molecule has 1 atom stereocenters. The topological polar surface area (TPSA) is 63.2 Å². The summed E-state index contributed by atoms with van der Waals surface area (Å²) in [6.07, 6.45) is 0.829. The van der Waals surface area contributed by atoms with E-state index in [0.717, 1.165) is 12.1 Å². The maximum Gasteiger partial charge on any atom is 0.251 e. The first-order chi connectivity index (χ1) is 9.81. The lowest BCUT2D eigenvalue weighted by Gasteiger charge is -2.21. The number of carbonyl (C=O) groups is 1. The van der Waals surface area contributed by atoms with Crippen LogP contribution < -0.4 is 10.6 Å². The molecule has 0 aliphatic rings. The monoisotopic (exact) mass is 293 g/mol. The number of anilines is 1. The third-order valence-electron chi connectivity index (χ3n) is 3.31. The lowest BCUT2D eigenvalue weighted by Crippen LogP contribution is -2.37. The zero-order valence-electron chi connectivity index (χ0n) is 13.9. The normalized spacial score (nSPS) is 12.9. The minimum Gasteiger partial charge on any atom is -0.383 e. The van der Waals surface area contributed by atoms with E-state index in [1.807, 2.05) is 13.0 Å². The Labute approximate surface area is 127 Å². The number of aromatic nitrogens is 1. The largest absolute Gasteiger partial charge is 0.383 e. The van der Waals surface area contributed by atoms with Crippen molar-refractivity contribution in [3.63, 3.8) is 0 Å². The van der Waals surface area contributed by atoms with E-state index in [-0.39, 0.29) is 17.4 Å². The molecule has 0 bridgehead atoms. The van der Waals surface area contributed by atoms with Gasteiger partial charge in [0.05, 0.1) is 12.6 Å². The zero-order valence-corrected chi connectivity index (χ0v) is 13.9.